The number of thiophene rings is 1. The minimum Gasteiger partial charge on any atom is -0.465 e. The maximum absolute atomic E-state index is 14.4. The molecule has 3 heterocycles. The van der Waals surface area contributed by atoms with E-state index in [9.17, 15) is 22.7 Å². The lowest BCUT2D eigenvalue weighted by molar-refractivity contribution is 0.123. The summed E-state index contributed by atoms with van der Waals surface area (Å²) in [5.41, 5.74) is -0.103. The molecule has 0 saturated carbocycles. The van der Waals surface area contributed by atoms with E-state index in [0.29, 0.717) is 4.88 Å². The zero-order valence-corrected chi connectivity index (χ0v) is 18.9. The third-order valence-electron chi connectivity index (χ3n) is 3.96. The van der Waals surface area contributed by atoms with Crippen LogP contribution in [0.1, 0.15) is 25.6 Å². The van der Waals surface area contributed by atoms with Crippen molar-refractivity contribution in [3.8, 4) is 11.1 Å². The average Bonchev–Trinajstić information content (AvgIpc) is 3.31. The zero-order chi connectivity index (χ0) is 22.1. The second-order valence-corrected chi connectivity index (χ2v) is 12.1. The van der Waals surface area contributed by atoms with Gasteiger partial charge in [0.15, 0.2) is 0 Å². The molecular weight excluding hydrogens is 449 g/mol. The fourth-order valence-corrected chi connectivity index (χ4v) is 7.02. The monoisotopic (exact) mass is 469 g/mol. The van der Waals surface area contributed by atoms with Gasteiger partial charge in [-0.1, -0.05) is 20.8 Å². The molecule has 0 unspecified atom stereocenters. The standard InChI is InChI=1S/C19H20FN3O4S3/c1-19(2,3)11-23(18(24)25)10-12-9-14(13-5-4-6-21-15(13)20)16(29-12)30(26,27)17-22-7-8-28-17/h4-9H,10-11H2,1-3H3,(H,24,25). The van der Waals surface area contributed by atoms with Crippen LogP contribution < -0.4 is 0 Å². The summed E-state index contributed by atoms with van der Waals surface area (Å²) in [5, 5.41) is 11.1. The Balaban J connectivity index is 2.11. The maximum atomic E-state index is 14.4. The smallest absolute Gasteiger partial charge is 0.407 e. The van der Waals surface area contributed by atoms with Gasteiger partial charge in [-0.25, -0.2) is 23.2 Å². The van der Waals surface area contributed by atoms with E-state index in [1.165, 1.54) is 35.5 Å². The van der Waals surface area contributed by atoms with Gasteiger partial charge in [-0.15, -0.1) is 22.7 Å². The molecule has 0 atom stereocenters. The largest absolute Gasteiger partial charge is 0.465 e. The van der Waals surface area contributed by atoms with Crippen LogP contribution in [0.2, 0.25) is 0 Å². The summed E-state index contributed by atoms with van der Waals surface area (Å²) in [7, 11) is -4.00. The van der Waals surface area contributed by atoms with Crippen LogP contribution in [0.5, 0.6) is 0 Å². The predicted molar refractivity (Wildman–Crippen MR) is 113 cm³/mol. The second kappa shape index (κ2) is 8.40. The molecule has 0 aliphatic heterocycles. The Morgan fingerprint density at radius 2 is 1.97 bits per heavy atom. The molecule has 3 aromatic rings. The number of thiazole rings is 1. The van der Waals surface area contributed by atoms with E-state index in [0.717, 1.165) is 22.7 Å². The van der Waals surface area contributed by atoms with Crippen LogP contribution >= 0.6 is 22.7 Å². The van der Waals surface area contributed by atoms with Crippen molar-refractivity contribution in [1.29, 1.82) is 0 Å². The molecular formula is C19H20FN3O4S3. The molecule has 0 fully saturated rings. The number of hydrogen-bond donors (Lipinski definition) is 1. The van der Waals surface area contributed by atoms with Gasteiger partial charge in [0, 0.05) is 40.3 Å². The van der Waals surface area contributed by atoms with E-state index in [1.807, 2.05) is 20.8 Å². The first-order valence-corrected chi connectivity index (χ1v) is 12.0. The lowest BCUT2D eigenvalue weighted by atomic mass is 9.96. The SMILES string of the molecule is CC(C)(C)CN(Cc1cc(-c2cccnc2F)c(S(=O)(=O)c2nccs2)s1)C(=O)O. The highest BCUT2D eigenvalue weighted by atomic mass is 32.3. The van der Waals surface area contributed by atoms with Gasteiger partial charge in [-0.2, -0.15) is 4.39 Å². The third-order valence-corrected chi connectivity index (χ3v) is 8.57. The first kappa shape index (κ1) is 22.3. The number of carboxylic acid groups (broad SMARTS) is 1. The first-order chi connectivity index (χ1) is 14.0. The lowest BCUT2D eigenvalue weighted by Crippen LogP contribution is -2.36. The number of hydrogen-bond acceptors (Lipinski definition) is 7. The predicted octanol–water partition coefficient (Wildman–Crippen LogP) is 4.76. The van der Waals surface area contributed by atoms with Crippen LogP contribution in [0.4, 0.5) is 9.18 Å². The molecule has 160 valence electrons. The van der Waals surface area contributed by atoms with Crippen LogP contribution in [0.15, 0.2) is 44.5 Å². The van der Waals surface area contributed by atoms with Crippen molar-refractivity contribution in [3.63, 3.8) is 0 Å². The summed E-state index contributed by atoms with van der Waals surface area (Å²) in [4.78, 5) is 20.9. The van der Waals surface area contributed by atoms with Crippen LogP contribution in [0, 0.1) is 11.4 Å². The molecule has 0 radical (unpaired) electrons. The average molecular weight is 470 g/mol. The van der Waals surface area contributed by atoms with E-state index >= 15 is 0 Å². The summed E-state index contributed by atoms with van der Waals surface area (Å²) >= 11 is 1.88. The molecule has 0 saturated heterocycles. The molecule has 3 rings (SSSR count). The summed E-state index contributed by atoms with van der Waals surface area (Å²) in [6, 6.07) is 4.47. The molecule has 0 bridgehead atoms. The topological polar surface area (TPSA) is 100 Å². The van der Waals surface area contributed by atoms with Crippen molar-refractivity contribution in [3.05, 3.63) is 46.8 Å². The van der Waals surface area contributed by atoms with Gasteiger partial charge in [0.2, 0.25) is 20.1 Å². The molecule has 3 aromatic heterocycles. The van der Waals surface area contributed by atoms with Gasteiger partial charge in [0.1, 0.15) is 4.21 Å². The maximum Gasteiger partial charge on any atom is 0.407 e. The molecule has 0 aliphatic carbocycles. The van der Waals surface area contributed by atoms with E-state index in [2.05, 4.69) is 9.97 Å². The van der Waals surface area contributed by atoms with Crippen molar-refractivity contribution in [1.82, 2.24) is 14.9 Å². The van der Waals surface area contributed by atoms with Crippen molar-refractivity contribution in [2.24, 2.45) is 5.41 Å². The molecule has 11 heteroatoms. The Morgan fingerprint density at radius 1 is 1.23 bits per heavy atom. The Labute approximate surface area is 181 Å². The van der Waals surface area contributed by atoms with Crippen molar-refractivity contribution >= 4 is 38.6 Å². The molecule has 1 N–H and O–H groups in total. The minimum atomic E-state index is -4.00. The van der Waals surface area contributed by atoms with Crippen molar-refractivity contribution < 1.29 is 22.7 Å². The number of rotatable bonds is 6. The lowest BCUT2D eigenvalue weighted by Gasteiger charge is -2.27. The van der Waals surface area contributed by atoms with Crippen LogP contribution in [-0.4, -0.2) is 41.0 Å². The summed E-state index contributed by atoms with van der Waals surface area (Å²) in [6.45, 7) is 5.97. The van der Waals surface area contributed by atoms with Gasteiger partial charge in [-0.3, -0.25) is 0 Å². The second-order valence-electron chi connectivity index (χ2n) is 7.76. The highest BCUT2D eigenvalue weighted by Crippen LogP contribution is 2.40. The van der Waals surface area contributed by atoms with Gasteiger partial charge < -0.3 is 10.0 Å². The highest BCUT2D eigenvalue weighted by molar-refractivity contribution is 7.95. The van der Waals surface area contributed by atoms with E-state index in [-0.39, 0.29) is 38.2 Å². The fraction of sp³-hybridized carbons (Fsp3) is 0.316. The zero-order valence-electron chi connectivity index (χ0n) is 16.5. The van der Waals surface area contributed by atoms with Crippen LogP contribution in [0.25, 0.3) is 11.1 Å². The Morgan fingerprint density at radius 3 is 2.53 bits per heavy atom. The quantitative estimate of drug-likeness (QED) is 0.522. The van der Waals surface area contributed by atoms with Gasteiger partial charge in [-0.05, 0) is 23.6 Å². The number of pyridine rings is 1. The van der Waals surface area contributed by atoms with Crippen molar-refractivity contribution in [2.75, 3.05) is 6.54 Å². The highest BCUT2D eigenvalue weighted by Gasteiger charge is 2.30. The van der Waals surface area contributed by atoms with Gasteiger partial charge in [0.25, 0.3) is 0 Å². The van der Waals surface area contributed by atoms with Crippen LogP contribution in [-0.2, 0) is 16.4 Å². The Hall–Kier alpha value is -2.37. The molecule has 0 aliphatic rings. The van der Waals surface area contributed by atoms with Gasteiger partial charge in [0.05, 0.1) is 6.54 Å². The van der Waals surface area contributed by atoms with E-state index in [1.54, 1.807) is 5.38 Å². The molecule has 30 heavy (non-hydrogen) atoms. The normalized spacial score (nSPS) is 12.1. The fourth-order valence-electron chi connectivity index (χ4n) is 2.85. The number of amides is 1. The van der Waals surface area contributed by atoms with Crippen molar-refractivity contribution in [2.45, 2.75) is 35.9 Å². The van der Waals surface area contributed by atoms with Gasteiger partial charge >= 0.3 is 6.09 Å². The number of aromatic nitrogens is 2. The first-order valence-electron chi connectivity index (χ1n) is 8.85. The number of nitrogens with zero attached hydrogens (tertiary/aromatic N) is 3. The number of sulfone groups is 1. The number of halogens is 1. The summed E-state index contributed by atoms with van der Waals surface area (Å²) in [5.74, 6) is -0.803. The number of carbonyl (C=O) groups is 1. The van der Waals surface area contributed by atoms with Crippen LogP contribution in [0.3, 0.4) is 0 Å². The Kier molecular flexibility index (Phi) is 6.25. The molecule has 1 amide bonds. The third kappa shape index (κ3) is 4.85. The van der Waals surface area contributed by atoms with E-state index < -0.39 is 21.9 Å². The summed E-state index contributed by atoms with van der Waals surface area (Å²) < 4.78 is 40.5. The molecule has 7 nitrogen and oxygen atoms in total. The Bertz CT molecular complexity index is 1150. The minimum absolute atomic E-state index is 0.0143. The molecule has 0 spiro atoms. The molecule has 0 aromatic carbocycles. The summed E-state index contributed by atoms with van der Waals surface area (Å²) in [6.07, 6.45) is 1.54. The van der Waals surface area contributed by atoms with E-state index in [4.69, 9.17) is 0 Å².